The van der Waals surface area contributed by atoms with Crippen LogP contribution >= 0.6 is 11.8 Å². The van der Waals surface area contributed by atoms with Gasteiger partial charge in [-0.05, 0) is 55.1 Å². The Bertz CT molecular complexity index is 944. The topological polar surface area (TPSA) is 62.8 Å². The van der Waals surface area contributed by atoms with Crippen molar-refractivity contribution in [3.63, 3.8) is 0 Å². The van der Waals surface area contributed by atoms with Gasteiger partial charge >= 0.3 is 5.97 Å². The number of carboxylic acid groups (broad SMARTS) is 1. The first kappa shape index (κ1) is 17.0. The highest BCUT2D eigenvalue weighted by molar-refractivity contribution is 7.98. The maximum Gasteiger partial charge on any atom is 0.335 e. The van der Waals surface area contributed by atoms with Gasteiger partial charge in [-0.3, -0.25) is 4.99 Å². The molecule has 0 unspecified atom stereocenters. The summed E-state index contributed by atoms with van der Waals surface area (Å²) in [7, 11) is 0. The van der Waals surface area contributed by atoms with Crippen LogP contribution in [0.1, 0.15) is 21.7 Å². The number of rotatable bonds is 5. The fraction of sp³-hybridized carbons (Fsp3) is 0.100. The number of carbonyl (C=O) groups is 1. The van der Waals surface area contributed by atoms with Crippen LogP contribution < -0.4 is 0 Å². The first-order chi connectivity index (χ1) is 12.1. The van der Waals surface area contributed by atoms with Crippen LogP contribution in [0, 0.1) is 6.92 Å². The molecule has 0 atom stereocenters. The summed E-state index contributed by atoms with van der Waals surface area (Å²) in [4.78, 5) is 16.6. The quantitative estimate of drug-likeness (QED) is 0.492. The number of benzene rings is 2. The molecule has 0 saturated carbocycles. The van der Waals surface area contributed by atoms with Crippen molar-refractivity contribution in [2.24, 2.45) is 4.99 Å². The van der Waals surface area contributed by atoms with Crippen LogP contribution in [0.25, 0.3) is 11.3 Å². The van der Waals surface area contributed by atoms with Crippen LogP contribution in [0.4, 0.5) is 5.69 Å². The molecule has 3 rings (SSSR count). The zero-order chi connectivity index (χ0) is 17.8. The molecule has 0 aliphatic rings. The van der Waals surface area contributed by atoms with E-state index < -0.39 is 5.97 Å². The largest absolute Gasteiger partial charge is 0.478 e. The van der Waals surface area contributed by atoms with Gasteiger partial charge in [0.1, 0.15) is 11.5 Å². The molecule has 0 fully saturated rings. The van der Waals surface area contributed by atoms with Crippen LogP contribution in [0.3, 0.4) is 0 Å². The van der Waals surface area contributed by atoms with Crippen molar-refractivity contribution in [2.45, 2.75) is 11.8 Å². The summed E-state index contributed by atoms with van der Waals surface area (Å²) < 4.78 is 5.84. The maximum absolute atomic E-state index is 11.0. The lowest BCUT2D eigenvalue weighted by Crippen LogP contribution is -1.96. The number of aliphatic imine (C=N–C) groups is 1. The van der Waals surface area contributed by atoms with E-state index in [1.54, 1.807) is 36.2 Å². The normalized spacial score (nSPS) is 11.1. The smallest absolute Gasteiger partial charge is 0.335 e. The van der Waals surface area contributed by atoms with E-state index >= 15 is 0 Å². The van der Waals surface area contributed by atoms with Gasteiger partial charge in [0.2, 0.25) is 0 Å². The minimum Gasteiger partial charge on any atom is -0.478 e. The Morgan fingerprint density at radius 2 is 1.96 bits per heavy atom. The summed E-state index contributed by atoms with van der Waals surface area (Å²) in [5.74, 6) is 0.399. The van der Waals surface area contributed by atoms with Crippen molar-refractivity contribution >= 4 is 29.6 Å². The minimum absolute atomic E-state index is 0.267. The van der Waals surface area contributed by atoms with Crippen molar-refractivity contribution in [1.82, 2.24) is 0 Å². The Labute approximate surface area is 150 Å². The molecule has 0 radical (unpaired) electrons. The zero-order valence-electron chi connectivity index (χ0n) is 13.9. The van der Waals surface area contributed by atoms with E-state index in [0.29, 0.717) is 11.5 Å². The van der Waals surface area contributed by atoms with Gasteiger partial charge in [-0.15, -0.1) is 11.8 Å². The third kappa shape index (κ3) is 3.83. The molecular weight excluding hydrogens is 334 g/mol. The van der Waals surface area contributed by atoms with E-state index in [0.717, 1.165) is 21.7 Å². The highest BCUT2D eigenvalue weighted by Gasteiger charge is 2.10. The lowest BCUT2D eigenvalue weighted by Gasteiger charge is -2.04. The zero-order valence-corrected chi connectivity index (χ0v) is 14.7. The highest BCUT2D eigenvalue weighted by atomic mass is 32.2. The van der Waals surface area contributed by atoms with E-state index in [9.17, 15) is 4.79 Å². The molecule has 0 aliphatic carbocycles. The second-order valence-corrected chi connectivity index (χ2v) is 6.31. The van der Waals surface area contributed by atoms with Crippen LogP contribution in [-0.2, 0) is 0 Å². The number of nitrogens with zero attached hydrogens (tertiary/aromatic N) is 1. The molecule has 0 bridgehead atoms. The Morgan fingerprint density at radius 3 is 2.68 bits per heavy atom. The number of para-hydroxylation sites is 1. The van der Waals surface area contributed by atoms with Gasteiger partial charge in [-0.1, -0.05) is 18.2 Å². The molecule has 25 heavy (non-hydrogen) atoms. The van der Waals surface area contributed by atoms with Gasteiger partial charge in [0.15, 0.2) is 0 Å². The van der Waals surface area contributed by atoms with E-state index in [4.69, 9.17) is 9.52 Å². The third-order valence-electron chi connectivity index (χ3n) is 3.78. The molecule has 1 heterocycles. The predicted molar refractivity (Wildman–Crippen MR) is 101 cm³/mol. The van der Waals surface area contributed by atoms with Gasteiger partial charge in [0.05, 0.1) is 17.5 Å². The van der Waals surface area contributed by atoms with Crippen LogP contribution in [-0.4, -0.2) is 23.5 Å². The molecule has 126 valence electrons. The fourth-order valence-corrected chi connectivity index (χ4v) is 3.05. The summed E-state index contributed by atoms with van der Waals surface area (Å²) in [6.45, 7) is 1.87. The summed E-state index contributed by atoms with van der Waals surface area (Å²) in [5, 5.41) is 9.05. The molecule has 0 spiro atoms. The maximum atomic E-state index is 11.0. The standard InChI is InChI=1S/C20H17NO3S/c1-13-11-14(20(22)23)7-9-16(13)18-10-8-15(24-18)12-21-17-5-3-4-6-19(17)25-2/h3-12H,1-2H3,(H,22,23). The van der Waals surface area contributed by atoms with E-state index in [1.165, 1.54) is 0 Å². The van der Waals surface area contributed by atoms with E-state index in [1.807, 2.05) is 49.6 Å². The SMILES string of the molecule is CSc1ccccc1N=Cc1ccc(-c2ccc(C(=O)O)cc2C)o1. The molecule has 4 nitrogen and oxygen atoms in total. The second kappa shape index (κ2) is 7.40. The molecule has 1 N–H and O–H groups in total. The number of aromatic carboxylic acids is 1. The van der Waals surface area contributed by atoms with Crippen molar-refractivity contribution in [2.75, 3.05) is 6.26 Å². The molecule has 5 heteroatoms. The monoisotopic (exact) mass is 351 g/mol. The lowest BCUT2D eigenvalue weighted by molar-refractivity contribution is 0.0697. The van der Waals surface area contributed by atoms with Crippen molar-refractivity contribution in [1.29, 1.82) is 0 Å². The average molecular weight is 351 g/mol. The summed E-state index contributed by atoms with van der Waals surface area (Å²) in [5.41, 5.74) is 2.89. The molecule has 2 aromatic carbocycles. The third-order valence-corrected chi connectivity index (χ3v) is 4.57. The van der Waals surface area contributed by atoms with Crippen molar-refractivity contribution in [3.8, 4) is 11.3 Å². The Balaban J connectivity index is 1.85. The number of hydrogen-bond donors (Lipinski definition) is 1. The summed E-state index contributed by atoms with van der Waals surface area (Å²) >= 11 is 1.65. The Kier molecular flexibility index (Phi) is 5.05. The molecular formula is C20H17NO3S. The average Bonchev–Trinajstić information content (AvgIpc) is 3.08. The van der Waals surface area contributed by atoms with Gasteiger partial charge in [0.25, 0.3) is 0 Å². The highest BCUT2D eigenvalue weighted by Crippen LogP contribution is 2.28. The van der Waals surface area contributed by atoms with Gasteiger partial charge in [-0.2, -0.15) is 0 Å². The second-order valence-electron chi connectivity index (χ2n) is 5.47. The Morgan fingerprint density at radius 1 is 1.16 bits per heavy atom. The molecule has 0 aliphatic heterocycles. The van der Waals surface area contributed by atoms with Crippen molar-refractivity contribution in [3.05, 3.63) is 71.5 Å². The molecule has 1 aromatic heterocycles. The summed E-state index contributed by atoms with van der Waals surface area (Å²) in [6.07, 6.45) is 3.71. The van der Waals surface area contributed by atoms with Gasteiger partial charge in [0, 0.05) is 10.5 Å². The minimum atomic E-state index is -0.936. The number of hydrogen-bond acceptors (Lipinski definition) is 4. The summed E-state index contributed by atoms with van der Waals surface area (Å²) in [6, 6.07) is 16.6. The first-order valence-electron chi connectivity index (χ1n) is 7.69. The van der Waals surface area contributed by atoms with Crippen molar-refractivity contribution < 1.29 is 14.3 Å². The van der Waals surface area contributed by atoms with Crippen LogP contribution in [0.2, 0.25) is 0 Å². The molecule has 3 aromatic rings. The lowest BCUT2D eigenvalue weighted by atomic mass is 10.0. The van der Waals surface area contributed by atoms with Crippen LogP contribution in [0.5, 0.6) is 0 Å². The fourth-order valence-electron chi connectivity index (χ4n) is 2.51. The number of aryl methyl sites for hydroxylation is 1. The van der Waals surface area contributed by atoms with Crippen LogP contribution in [0.15, 0.2) is 68.9 Å². The number of thioether (sulfide) groups is 1. The van der Waals surface area contributed by atoms with Gasteiger partial charge < -0.3 is 9.52 Å². The number of furan rings is 1. The molecule has 0 amide bonds. The predicted octanol–water partition coefficient (Wildman–Crippen LogP) is 5.43. The first-order valence-corrected chi connectivity index (χ1v) is 8.92. The van der Waals surface area contributed by atoms with Gasteiger partial charge in [-0.25, -0.2) is 4.79 Å². The Hall–Kier alpha value is -2.79. The molecule has 0 saturated heterocycles. The van der Waals surface area contributed by atoms with E-state index in [2.05, 4.69) is 4.99 Å². The number of carboxylic acids is 1. The van der Waals surface area contributed by atoms with E-state index in [-0.39, 0.29) is 5.56 Å².